The van der Waals surface area contributed by atoms with Gasteiger partial charge in [0.15, 0.2) is 0 Å². The monoisotopic (exact) mass is 497 g/mol. The predicted molar refractivity (Wildman–Crippen MR) is 145 cm³/mol. The zero-order valence-electron chi connectivity index (χ0n) is 24.2. The molecule has 2 amide bonds. The molecule has 0 aromatic carbocycles. The van der Waals surface area contributed by atoms with E-state index in [9.17, 15) is 9.59 Å². The number of likely N-dealkylation sites (N-methyl/N-ethyl adjacent to an activating group) is 2. The lowest BCUT2D eigenvalue weighted by molar-refractivity contribution is -0.146. The van der Waals surface area contributed by atoms with Gasteiger partial charge in [0, 0.05) is 39.6 Å². The molecule has 9 atom stereocenters. The number of hydrogen-bond donors (Lipinski definition) is 0. The van der Waals surface area contributed by atoms with Gasteiger partial charge in [-0.25, -0.2) is 0 Å². The molecule has 5 heteroatoms. The smallest absolute Gasteiger partial charge is 0.245 e. The van der Waals surface area contributed by atoms with E-state index in [0.29, 0.717) is 10.8 Å². The molecule has 5 rings (SSSR count). The Morgan fingerprint density at radius 3 is 2.42 bits per heavy atom. The summed E-state index contributed by atoms with van der Waals surface area (Å²) < 4.78 is 0. The van der Waals surface area contributed by atoms with Gasteiger partial charge in [-0.3, -0.25) is 9.59 Å². The average molecular weight is 498 g/mol. The number of nitrogens with zero attached hydrogens (tertiary/aromatic N) is 3. The molecule has 1 heterocycles. The lowest BCUT2D eigenvalue weighted by atomic mass is 9.47. The topological polar surface area (TPSA) is 43.9 Å². The summed E-state index contributed by atoms with van der Waals surface area (Å²) in [5.74, 6) is 3.62. The molecule has 36 heavy (non-hydrogen) atoms. The summed E-state index contributed by atoms with van der Waals surface area (Å²) in [6.45, 7) is 12.0. The second-order valence-electron chi connectivity index (χ2n) is 14.0. The SMILES string of the molecule is CC(=O)N(C)[C@@H](C(=O)N(C)[C@H]1CC[C@@]2(C)C(=CC[C@@H]3C2CC[C@]24CN(C)[C@@H](C)C2CC[C@@H]34)C1)C(C)C. The highest BCUT2D eigenvalue weighted by Gasteiger charge is 2.64. The molecule has 202 valence electrons. The lowest BCUT2D eigenvalue weighted by Crippen LogP contribution is -2.55. The fraction of sp³-hybridized carbons (Fsp3) is 0.871. The molecule has 4 fully saturated rings. The second-order valence-corrected chi connectivity index (χ2v) is 14.0. The van der Waals surface area contributed by atoms with Gasteiger partial charge in [-0.15, -0.1) is 0 Å². The minimum atomic E-state index is -0.387. The Labute approximate surface area is 220 Å². The lowest BCUT2D eigenvalue weighted by Gasteiger charge is -2.58. The third-order valence-electron chi connectivity index (χ3n) is 12.4. The highest BCUT2D eigenvalue weighted by molar-refractivity contribution is 5.87. The van der Waals surface area contributed by atoms with E-state index in [0.717, 1.165) is 42.6 Å². The molecule has 0 N–H and O–H groups in total. The van der Waals surface area contributed by atoms with E-state index in [1.165, 1.54) is 45.1 Å². The third kappa shape index (κ3) is 3.73. The number of likely N-dealkylation sites (tertiary alicyclic amines) is 1. The van der Waals surface area contributed by atoms with Gasteiger partial charge in [0.05, 0.1) is 0 Å². The van der Waals surface area contributed by atoms with Gasteiger partial charge in [0.2, 0.25) is 11.8 Å². The number of carbonyl (C=O) groups is 2. The maximum atomic E-state index is 13.6. The Morgan fingerprint density at radius 2 is 1.75 bits per heavy atom. The Bertz CT molecular complexity index is 929. The van der Waals surface area contributed by atoms with Crippen LogP contribution < -0.4 is 0 Å². The fourth-order valence-electron chi connectivity index (χ4n) is 10.3. The van der Waals surface area contributed by atoms with Crippen molar-refractivity contribution in [2.75, 3.05) is 27.7 Å². The minimum Gasteiger partial charge on any atom is -0.341 e. The number of hydrogen-bond acceptors (Lipinski definition) is 3. The number of amides is 2. The van der Waals surface area contributed by atoms with E-state index in [1.807, 2.05) is 25.8 Å². The molecular weight excluding hydrogens is 446 g/mol. The first-order valence-electron chi connectivity index (χ1n) is 14.8. The number of carbonyl (C=O) groups excluding carboxylic acids is 2. The maximum absolute atomic E-state index is 13.6. The highest BCUT2D eigenvalue weighted by Crippen LogP contribution is 2.68. The van der Waals surface area contributed by atoms with E-state index in [2.05, 4.69) is 31.9 Å². The van der Waals surface area contributed by atoms with Gasteiger partial charge >= 0.3 is 0 Å². The van der Waals surface area contributed by atoms with Crippen molar-refractivity contribution in [3.63, 3.8) is 0 Å². The summed E-state index contributed by atoms with van der Waals surface area (Å²) in [5.41, 5.74) is 2.51. The molecule has 0 aromatic heterocycles. The van der Waals surface area contributed by atoms with E-state index >= 15 is 0 Å². The quantitative estimate of drug-likeness (QED) is 0.501. The van der Waals surface area contributed by atoms with Crippen LogP contribution in [0.3, 0.4) is 0 Å². The van der Waals surface area contributed by atoms with Gasteiger partial charge < -0.3 is 14.7 Å². The van der Waals surface area contributed by atoms with Gasteiger partial charge in [0.1, 0.15) is 6.04 Å². The first kappa shape index (κ1) is 26.3. The van der Waals surface area contributed by atoms with Crippen LogP contribution in [-0.4, -0.2) is 72.3 Å². The molecule has 2 unspecified atom stereocenters. The van der Waals surface area contributed by atoms with Gasteiger partial charge in [-0.05, 0) is 106 Å². The van der Waals surface area contributed by atoms with Crippen molar-refractivity contribution < 1.29 is 9.59 Å². The Morgan fingerprint density at radius 1 is 1.06 bits per heavy atom. The van der Waals surface area contributed by atoms with E-state index < -0.39 is 0 Å². The molecule has 5 aliphatic rings. The predicted octanol–water partition coefficient (Wildman–Crippen LogP) is 5.21. The molecule has 5 nitrogen and oxygen atoms in total. The van der Waals surface area contributed by atoms with Crippen molar-refractivity contribution in [2.45, 2.75) is 104 Å². The zero-order chi connectivity index (χ0) is 26.2. The molecule has 1 spiro atoms. The van der Waals surface area contributed by atoms with Crippen molar-refractivity contribution in [1.29, 1.82) is 0 Å². The van der Waals surface area contributed by atoms with Gasteiger partial charge in [-0.1, -0.05) is 32.4 Å². The summed E-state index contributed by atoms with van der Waals surface area (Å²) in [6.07, 6.45) is 12.9. The van der Waals surface area contributed by atoms with Crippen LogP contribution in [0.25, 0.3) is 0 Å². The van der Waals surface area contributed by atoms with Gasteiger partial charge in [0.25, 0.3) is 0 Å². The minimum absolute atomic E-state index is 0.0419. The Kier molecular flexibility index (Phi) is 6.66. The van der Waals surface area contributed by atoms with Crippen molar-refractivity contribution in [1.82, 2.24) is 14.7 Å². The fourth-order valence-corrected chi connectivity index (χ4v) is 10.3. The highest BCUT2D eigenvalue weighted by atomic mass is 16.2. The second kappa shape index (κ2) is 9.13. The first-order valence-corrected chi connectivity index (χ1v) is 14.8. The Hall–Kier alpha value is -1.36. The van der Waals surface area contributed by atoms with Gasteiger partial charge in [-0.2, -0.15) is 0 Å². The molecular formula is C31H51N3O2. The Balaban J connectivity index is 1.33. The van der Waals surface area contributed by atoms with E-state index in [1.54, 1.807) is 24.4 Å². The normalized spacial score (nSPS) is 42.6. The molecule has 0 radical (unpaired) electrons. The molecule has 1 saturated heterocycles. The van der Waals surface area contributed by atoms with Crippen LogP contribution >= 0.6 is 0 Å². The zero-order valence-corrected chi connectivity index (χ0v) is 24.2. The number of fused-ring (bicyclic) bond motifs is 4. The van der Waals surface area contributed by atoms with Crippen molar-refractivity contribution in [3.8, 4) is 0 Å². The molecule has 1 aliphatic heterocycles. The van der Waals surface area contributed by atoms with Crippen LogP contribution in [-0.2, 0) is 9.59 Å². The summed E-state index contributed by atoms with van der Waals surface area (Å²) in [4.78, 5) is 32.0. The first-order chi connectivity index (χ1) is 16.9. The number of allylic oxidation sites excluding steroid dienone is 1. The summed E-state index contributed by atoms with van der Waals surface area (Å²) in [5, 5.41) is 0. The maximum Gasteiger partial charge on any atom is 0.245 e. The molecule has 4 aliphatic carbocycles. The molecule has 0 bridgehead atoms. The van der Waals surface area contributed by atoms with Crippen LogP contribution in [0.15, 0.2) is 11.6 Å². The van der Waals surface area contributed by atoms with E-state index in [4.69, 9.17) is 0 Å². The number of rotatable bonds is 4. The standard InChI is InChI=1S/C31H51N3O2/c1-19(2)28(33(7)21(4)35)29(36)34(8)23-13-15-30(5)22(17-23)9-10-24-26(30)14-16-31-18-32(6)20(3)25(31)11-12-27(24)31/h9,19-20,23-28H,10-18H2,1-8H3/t20-,23-,24+,25?,26?,27-,28+,30-,31-/m0/s1. The van der Waals surface area contributed by atoms with Crippen molar-refractivity contribution in [3.05, 3.63) is 11.6 Å². The summed E-state index contributed by atoms with van der Waals surface area (Å²) in [6, 6.07) is 0.601. The molecule has 3 saturated carbocycles. The largest absolute Gasteiger partial charge is 0.341 e. The van der Waals surface area contributed by atoms with Crippen LogP contribution in [0, 0.1) is 40.4 Å². The van der Waals surface area contributed by atoms with E-state index in [-0.39, 0.29) is 29.8 Å². The van der Waals surface area contributed by atoms with Crippen LogP contribution in [0.5, 0.6) is 0 Å². The van der Waals surface area contributed by atoms with Crippen molar-refractivity contribution >= 4 is 11.8 Å². The molecule has 0 aromatic rings. The van der Waals surface area contributed by atoms with Crippen LogP contribution in [0.1, 0.15) is 86.0 Å². The average Bonchev–Trinajstić information content (AvgIpc) is 3.31. The van der Waals surface area contributed by atoms with Crippen LogP contribution in [0.2, 0.25) is 0 Å². The van der Waals surface area contributed by atoms with Crippen molar-refractivity contribution in [2.24, 2.45) is 40.4 Å². The third-order valence-corrected chi connectivity index (χ3v) is 12.4. The summed E-state index contributed by atoms with van der Waals surface area (Å²) in [7, 11) is 6.11. The summed E-state index contributed by atoms with van der Waals surface area (Å²) >= 11 is 0. The van der Waals surface area contributed by atoms with Crippen LogP contribution in [0.4, 0.5) is 0 Å².